The van der Waals surface area contributed by atoms with E-state index in [-0.39, 0.29) is 0 Å². The van der Waals surface area contributed by atoms with Gasteiger partial charge in [0.1, 0.15) is 0 Å². The van der Waals surface area contributed by atoms with Gasteiger partial charge in [0, 0.05) is 36.2 Å². The molecular weight excluding hydrogens is 276 g/mol. The molecule has 1 saturated heterocycles. The summed E-state index contributed by atoms with van der Waals surface area (Å²) in [4.78, 5) is 2.65. The highest BCUT2D eigenvalue weighted by molar-refractivity contribution is 9.10. The molecule has 2 aliphatic rings. The van der Waals surface area contributed by atoms with E-state index >= 15 is 0 Å². The summed E-state index contributed by atoms with van der Waals surface area (Å²) in [6, 6.07) is 10.2. The molecule has 3 rings (SSSR count). The first-order chi connectivity index (χ1) is 8.31. The Kier molecular flexibility index (Phi) is 3.50. The monoisotopic (exact) mass is 294 g/mol. The molecule has 0 bridgehead atoms. The van der Waals surface area contributed by atoms with Gasteiger partial charge in [-0.2, -0.15) is 0 Å². The van der Waals surface area contributed by atoms with Gasteiger partial charge >= 0.3 is 0 Å². The van der Waals surface area contributed by atoms with Crippen molar-refractivity contribution in [1.82, 2.24) is 10.2 Å². The van der Waals surface area contributed by atoms with Gasteiger partial charge in [0.15, 0.2) is 0 Å². The van der Waals surface area contributed by atoms with Crippen molar-refractivity contribution < 1.29 is 0 Å². The zero-order chi connectivity index (χ0) is 11.7. The standard InChI is InChI=1S/C14H19BrN2/c15-12-3-1-2-11(8-12)9-16-13-6-7-17(10-13)14-4-5-14/h1-3,8,13-14,16H,4-7,9-10H2. The van der Waals surface area contributed by atoms with Crippen LogP contribution in [-0.2, 0) is 6.54 Å². The van der Waals surface area contributed by atoms with E-state index in [1.54, 1.807) is 0 Å². The molecule has 1 aromatic carbocycles. The molecule has 1 heterocycles. The molecule has 0 radical (unpaired) electrons. The lowest BCUT2D eigenvalue weighted by atomic mass is 10.2. The van der Waals surface area contributed by atoms with Gasteiger partial charge in [-0.05, 0) is 37.0 Å². The van der Waals surface area contributed by atoms with Crippen molar-refractivity contribution >= 4 is 15.9 Å². The van der Waals surface area contributed by atoms with E-state index in [0.29, 0.717) is 6.04 Å². The van der Waals surface area contributed by atoms with Crippen molar-refractivity contribution in [3.05, 3.63) is 34.3 Å². The Morgan fingerprint density at radius 1 is 1.29 bits per heavy atom. The third-order valence-corrected chi connectivity index (χ3v) is 4.26. The van der Waals surface area contributed by atoms with Gasteiger partial charge < -0.3 is 5.32 Å². The molecule has 1 aliphatic carbocycles. The maximum absolute atomic E-state index is 3.68. The van der Waals surface area contributed by atoms with Crippen LogP contribution in [0.4, 0.5) is 0 Å². The fraction of sp³-hybridized carbons (Fsp3) is 0.571. The van der Waals surface area contributed by atoms with E-state index in [0.717, 1.165) is 12.6 Å². The second-order valence-corrected chi connectivity index (χ2v) is 6.14. The van der Waals surface area contributed by atoms with Crippen molar-refractivity contribution in [3.8, 4) is 0 Å². The molecule has 0 spiro atoms. The molecule has 3 heteroatoms. The van der Waals surface area contributed by atoms with Crippen LogP contribution in [0.25, 0.3) is 0 Å². The highest BCUT2D eigenvalue weighted by atomic mass is 79.9. The number of hydrogen-bond acceptors (Lipinski definition) is 2. The van der Waals surface area contributed by atoms with Crippen molar-refractivity contribution in [2.45, 2.75) is 37.9 Å². The second kappa shape index (κ2) is 5.09. The minimum absolute atomic E-state index is 0.689. The summed E-state index contributed by atoms with van der Waals surface area (Å²) in [5, 5.41) is 3.68. The number of nitrogens with one attached hydrogen (secondary N) is 1. The molecular formula is C14H19BrN2. The van der Waals surface area contributed by atoms with Crippen LogP contribution in [0.15, 0.2) is 28.7 Å². The molecule has 1 aromatic rings. The average Bonchev–Trinajstić information content (AvgIpc) is 3.07. The number of nitrogens with zero attached hydrogens (tertiary/aromatic N) is 1. The Hall–Kier alpha value is -0.380. The molecule has 0 aromatic heterocycles. The summed E-state index contributed by atoms with van der Waals surface area (Å²) in [5.74, 6) is 0. The quantitative estimate of drug-likeness (QED) is 0.919. The highest BCUT2D eigenvalue weighted by Crippen LogP contribution is 2.29. The lowest BCUT2D eigenvalue weighted by Gasteiger charge is -2.15. The smallest absolute Gasteiger partial charge is 0.0210 e. The number of likely N-dealkylation sites (tertiary alicyclic amines) is 1. The first-order valence-electron chi connectivity index (χ1n) is 6.53. The van der Waals surface area contributed by atoms with Gasteiger partial charge in [0.25, 0.3) is 0 Å². The lowest BCUT2D eigenvalue weighted by molar-refractivity contribution is 0.317. The summed E-state index contributed by atoms with van der Waals surface area (Å²) < 4.78 is 1.17. The summed E-state index contributed by atoms with van der Waals surface area (Å²) in [5.41, 5.74) is 1.37. The number of hydrogen-bond donors (Lipinski definition) is 1. The van der Waals surface area contributed by atoms with E-state index < -0.39 is 0 Å². The second-order valence-electron chi connectivity index (χ2n) is 5.22. The Bertz CT molecular complexity index is 390. The molecule has 1 N–H and O–H groups in total. The van der Waals surface area contributed by atoms with Crippen molar-refractivity contribution in [1.29, 1.82) is 0 Å². The summed E-state index contributed by atoms with van der Waals surface area (Å²) in [6.45, 7) is 3.53. The molecule has 2 fully saturated rings. The summed E-state index contributed by atoms with van der Waals surface area (Å²) in [6.07, 6.45) is 4.17. The van der Waals surface area contributed by atoms with E-state index in [1.165, 1.54) is 42.4 Å². The first-order valence-corrected chi connectivity index (χ1v) is 7.32. The first kappa shape index (κ1) is 11.7. The van der Waals surface area contributed by atoms with E-state index in [2.05, 4.69) is 50.4 Å². The lowest BCUT2D eigenvalue weighted by Crippen LogP contribution is -2.32. The largest absolute Gasteiger partial charge is 0.309 e. The number of benzene rings is 1. The van der Waals surface area contributed by atoms with Gasteiger partial charge in [-0.15, -0.1) is 0 Å². The van der Waals surface area contributed by atoms with Crippen LogP contribution >= 0.6 is 15.9 Å². The molecule has 1 atom stereocenters. The normalized spacial score (nSPS) is 25.4. The SMILES string of the molecule is Brc1cccc(CNC2CCN(C3CC3)C2)c1. The topological polar surface area (TPSA) is 15.3 Å². The van der Waals surface area contributed by atoms with Crippen LogP contribution in [0.5, 0.6) is 0 Å². The number of rotatable bonds is 4. The van der Waals surface area contributed by atoms with Crippen LogP contribution in [0.1, 0.15) is 24.8 Å². The Morgan fingerprint density at radius 2 is 2.18 bits per heavy atom. The van der Waals surface area contributed by atoms with E-state index in [4.69, 9.17) is 0 Å². The van der Waals surface area contributed by atoms with Gasteiger partial charge in [-0.3, -0.25) is 4.90 Å². The zero-order valence-corrected chi connectivity index (χ0v) is 11.6. The Labute approximate surface area is 112 Å². The maximum atomic E-state index is 3.68. The summed E-state index contributed by atoms with van der Waals surface area (Å²) >= 11 is 3.52. The Balaban J connectivity index is 1.48. The van der Waals surface area contributed by atoms with Crippen LogP contribution in [-0.4, -0.2) is 30.1 Å². The van der Waals surface area contributed by atoms with Gasteiger partial charge in [-0.1, -0.05) is 28.1 Å². The minimum Gasteiger partial charge on any atom is -0.309 e. The molecule has 1 unspecified atom stereocenters. The van der Waals surface area contributed by atoms with Gasteiger partial charge in [-0.25, -0.2) is 0 Å². The van der Waals surface area contributed by atoms with Crippen LogP contribution in [0.2, 0.25) is 0 Å². The highest BCUT2D eigenvalue weighted by Gasteiger charge is 2.33. The molecule has 2 nitrogen and oxygen atoms in total. The average molecular weight is 295 g/mol. The zero-order valence-electron chi connectivity index (χ0n) is 10.0. The van der Waals surface area contributed by atoms with Crippen LogP contribution in [0.3, 0.4) is 0 Å². The third kappa shape index (κ3) is 3.09. The fourth-order valence-corrected chi connectivity index (χ4v) is 3.08. The van der Waals surface area contributed by atoms with Crippen molar-refractivity contribution in [2.24, 2.45) is 0 Å². The van der Waals surface area contributed by atoms with E-state index in [1.807, 2.05) is 0 Å². The molecule has 1 aliphatic heterocycles. The molecule has 1 saturated carbocycles. The number of halogens is 1. The summed E-state index contributed by atoms with van der Waals surface area (Å²) in [7, 11) is 0. The molecule has 92 valence electrons. The van der Waals surface area contributed by atoms with Gasteiger partial charge in [0.2, 0.25) is 0 Å². The minimum atomic E-state index is 0.689. The van der Waals surface area contributed by atoms with Crippen molar-refractivity contribution in [2.75, 3.05) is 13.1 Å². The predicted molar refractivity (Wildman–Crippen MR) is 74.0 cm³/mol. The van der Waals surface area contributed by atoms with Crippen LogP contribution in [0, 0.1) is 0 Å². The van der Waals surface area contributed by atoms with Crippen LogP contribution < -0.4 is 5.32 Å². The molecule has 0 amide bonds. The Morgan fingerprint density at radius 3 is 2.94 bits per heavy atom. The van der Waals surface area contributed by atoms with Crippen molar-refractivity contribution in [3.63, 3.8) is 0 Å². The predicted octanol–water partition coefficient (Wildman–Crippen LogP) is 2.78. The van der Waals surface area contributed by atoms with E-state index in [9.17, 15) is 0 Å². The maximum Gasteiger partial charge on any atom is 0.0210 e. The molecule has 17 heavy (non-hydrogen) atoms. The fourth-order valence-electron chi connectivity index (χ4n) is 2.63. The third-order valence-electron chi connectivity index (χ3n) is 3.77. The van der Waals surface area contributed by atoms with Gasteiger partial charge in [0.05, 0.1) is 0 Å².